The molecule has 0 saturated heterocycles. The average Bonchev–Trinajstić information content (AvgIpc) is 2.75. The molecule has 1 aliphatic heterocycles. The maximum atomic E-state index is 11.1. The molecule has 1 aromatic rings. The fourth-order valence-corrected chi connectivity index (χ4v) is 2.19. The smallest absolute Gasteiger partial charge is 0.320 e. The van der Waals surface area contributed by atoms with Gasteiger partial charge in [-0.15, -0.1) is 0 Å². The predicted octanol–water partition coefficient (Wildman–Crippen LogP) is 1.82. The molecule has 2 rings (SSSR count). The van der Waals surface area contributed by atoms with Gasteiger partial charge in [0, 0.05) is 13.0 Å². The number of fused-ring (bicyclic) bond motifs is 1. The topological polar surface area (TPSA) is 58.6 Å². The van der Waals surface area contributed by atoms with Gasteiger partial charge in [-0.25, -0.2) is 0 Å². The molecule has 1 atom stereocenters. The first-order valence-electron chi connectivity index (χ1n) is 6.28. The van der Waals surface area contributed by atoms with Gasteiger partial charge in [0.2, 0.25) is 0 Å². The number of carbonyl (C=O) groups is 1. The molecule has 0 aromatic heterocycles. The lowest BCUT2D eigenvalue weighted by Crippen LogP contribution is -2.40. The highest BCUT2D eigenvalue weighted by atomic mass is 16.5. The Hall–Kier alpha value is -1.55. The Bertz CT molecular complexity index is 443. The van der Waals surface area contributed by atoms with Crippen LogP contribution in [0.2, 0.25) is 0 Å². The van der Waals surface area contributed by atoms with Crippen LogP contribution < -0.4 is 10.1 Å². The van der Waals surface area contributed by atoms with E-state index in [9.17, 15) is 4.79 Å². The maximum absolute atomic E-state index is 11.1. The van der Waals surface area contributed by atoms with Gasteiger partial charge in [-0.1, -0.05) is 26.0 Å². The normalized spacial score (nSPS) is 15.3. The zero-order valence-electron chi connectivity index (χ0n) is 10.8. The van der Waals surface area contributed by atoms with Gasteiger partial charge in [0.15, 0.2) is 0 Å². The molecule has 1 aliphatic rings. The van der Waals surface area contributed by atoms with Crippen molar-refractivity contribution in [2.45, 2.75) is 32.9 Å². The van der Waals surface area contributed by atoms with Crippen molar-refractivity contribution in [2.75, 3.05) is 6.61 Å². The van der Waals surface area contributed by atoms with Crippen molar-refractivity contribution in [3.8, 4) is 5.75 Å². The highest BCUT2D eigenvalue weighted by molar-refractivity contribution is 5.73. The van der Waals surface area contributed by atoms with Crippen LogP contribution in [-0.2, 0) is 17.8 Å². The average molecular weight is 249 g/mol. The number of ether oxygens (including phenoxy) is 1. The second-order valence-corrected chi connectivity index (χ2v) is 4.98. The minimum absolute atomic E-state index is 0.0697. The van der Waals surface area contributed by atoms with E-state index >= 15 is 0 Å². The maximum Gasteiger partial charge on any atom is 0.320 e. The number of aliphatic carboxylic acids is 1. The molecule has 0 amide bonds. The molecule has 18 heavy (non-hydrogen) atoms. The largest absolute Gasteiger partial charge is 0.493 e. The zero-order valence-corrected chi connectivity index (χ0v) is 10.8. The van der Waals surface area contributed by atoms with Gasteiger partial charge < -0.3 is 15.2 Å². The van der Waals surface area contributed by atoms with Crippen LogP contribution in [0.4, 0.5) is 0 Å². The third-order valence-electron chi connectivity index (χ3n) is 3.21. The lowest BCUT2D eigenvalue weighted by Gasteiger charge is -2.18. The van der Waals surface area contributed by atoms with Crippen LogP contribution in [0.5, 0.6) is 5.75 Å². The minimum atomic E-state index is -0.797. The SMILES string of the molecule is CC(C)C(NCc1ccc2c(c1)CCO2)C(=O)O. The van der Waals surface area contributed by atoms with Crippen LogP contribution in [-0.4, -0.2) is 23.7 Å². The van der Waals surface area contributed by atoms with Gasteiger partial charge in [0.1, 0.15) is 11.8 Å². The molecule has 0 spiro atoms. The highest BCUT2D eigenvalue weighted by Gasteiger charge is 2.20. The van der Waals surface area contributed by atoms with E-state index in [1.807, 2.05) is 26.0 Å². The fraction of sp³-hybridized carbons (Fsp3) is 0.500. The first-order valence-corrected chi connectivity index (χ1v) is 6.28. The summed E-state index contributed by atoms with van der Waals surface area (Å²) >= 11 is 0. The molecule has 2 N–H and O–H groups in total. The monoisotopic (exact) mass is 249 g/mol. The Morgan fingerprint density at radius 1 is 1.50 bits per heavy atom. The molecule has 0 aliphatic carbocycles. The molecule has 0 bridgehead atoms. The molecule has 1 heterocycles. The molecule has 0 fully saturated rings. The van der Waals surface area contributed by atoms with Gasteiger partial charge in [-0.3, -0.25) is 4.79 Å². The number of carboxylic acids is 1. The third kappa shape index (κ3) is 2.82. The Balaban J connectivity index is 1.99. The first-order chi connectivity index (χ1) is 8.58. The quantitative estimate of drug-likeness (QED) is 0.835. The zero-order chi connectivity index (χ0) is 13.1. The van der Waals surface area contributed by atoms with Crippen molar-refractivity contribution in [3.05, 3.63) is 29.3 Å². The van der Waals surface area contributed by atoms with Gasteiger partial charge in [-0.05, 0) is 23.1 Å². The Morgan fingerprint density at radius 2 is 2.28 bits per heavy atom. The molecule has 98 valence electrons. The van der Waals surface area contributed by atoms with Gasteiger partial charge >= 0.3 is 5.97 Å². The predicted molar refractivity (Wildman–Crippen MR) is 68.7 cm³/mol. The van der Waals surface area contributed by atoms with E-state index in [1.165, 1.54) is 5.56 Å². The van der Waals surface area contributed by atoms with Crippen molar-refractivity contribution < 1.29 is 14.6 Å². The highest BCUT2D eigenvalue weighted by Crippen LogP contribution is 2.25. The summed E-state index contributed by atoms with van der Waals surface area (Å²) < 4.78 is 5.44. The number of rotatable bonds is 5. The molecule has 4 nitrogen and oxygen atoms in total. The molecular weight excluding hydrogens is 230 g/mol. The Kier molecular flexibility index (Phi) is 3.87. The molecule has 0 radical (unpaired) electrons. The summed E-state index contributed by atoms with van der Waals surface area (Å²) in [4.78, 5) is 11.1. The molecule has 1 unspecified atom stereocenters. The van der Waals surface area contributed by atoms with E-state index in [0.29, 0.717) is 6.54 Å². The van der Waals surface area contributed by atoms with Crippen LogP contribution in [0, 0.1) is 5.92 Å². The van der Waals surface area contributed by atoms with Crippen molar-refractivity contribution in [1.82, 2.24) is 5.32 Å². The second kappa shape index (κ2) is 5.40. The van der Waals surface area contributed by atoms with E-state index in [-0.39, 0.29) is 5.92 Å². The number of carboxylic acid groups (broad SMARTS) is 1. The molecule has 0 saturated carbocycles. The van der Waals surface area contributed by atoms with Gasteiger partial charge in [0.05, 0.1) is 6.61 Å². The minimum Gasteiger partial charge on any atom is -0.493 e. The van der Waals surface area contributed by atoms with Gasteiger partial charge in [0.25, 0.3) is 0 Å². The first kappa shape index (κ1) is 12.9. The third-order valence-corrected chi connectivity index (χ3v) is 3.21. The summed E-state index contributed by atoms with van der Waals surface area (Å²) in [5, 5.41) is 12.2. The lowest BCUT2D eigenvalue weighted by atomic mass is 10.0. The number of nitrogens with one attached hydrogen (secondary N) is 1. The van der Waals surface area contributed by atoms with E-state index in [4.69, 9.17) is 9.84 Å². The number of hydrogen-bond donors (Lipinski definition) is 2. The summed E-state index contributed by atoms with van der Waals surface area (Å²) in [6.45, 7) is 5.13. The van der Waals surface area contributed by atoms with E-state index in [0.717, 1.165) is 24.3 Å². The van der Waals surface area contributed by atoms with Crippen LogP contribution >= 0.6 is 0 Å². The summed E-state index contributed by atoms with van der Waals surface area (Å²) in [6, 6.07) is 5.53. The van der Waals surface area contributed by atoms with Crippen molar-refractivity contribution >= 4 is 5.97 Å². The van der Waals surface area contributed by atoms with Crippen molar-refractivity contribution in [1.29, 1.82) is 0 Å². The standard InChI is InChI=1S/C14H19NO3/c1-9(2)13(14(16)17)15-8-10-3-4-12-11(7-10)5-6-18-12/h3-4,7,9,13,15H,5-6,8H2,1-2H3,(H,16,17). The van der Waals surface area contributed by atoms with Crippen LogP contribution in [0.25, 0.3) is 0 Å². The van der Waals surface area contributed by atoms with E-state index in [2.05, 4.69) is 11.4 Å². The number of benzene rings is 1. The summed E-state index contributed by atoms with van der Waals surface area (Å²) in [7, 11) is 0. The van der Waals surface area contributed by atoms with Gasteiger partial charge in [-0.2, -0.15) is 0 Å². The van der Waals surface area contributed by atoms with Crippen molar-refractivity contribution in [2.24, 2.45) is 5.92 Å². The number of hydrogen-bond acceptors (Lipinski definition) is 3. The Morgan fingerprint density at radius 3 is 2.94 bits per heavy atom. The van der Waals surface area contributed by atoms with Crippen LogP contribution in [0.3, 0.4) is 0 Å². The Labute approximate surface area is 107 Å². The van der Waals surface area contributed by atoms with E-state index < -0.39 is 12.0 Å². The lowest BCUT2D eigenvalue weighted by molar-refractivity contribution is -0.140. The summed E-state index contributed by atoms with van der Waals surface area (Å²) in [6.07, 6.45) is 0.940. The van der Waals surface area contributed by atoms with Crippen molar-refractivity contribution in [3.63, 3.8) is 0 Å². The molecule has 1 aromatic carbocycles. The molecule has 4 heteroatoms. The van der Waals surface area contributed by atoms with E-state index in [1.54, 1.807) is 0 Å². The van der Waals surface area contributed by atoms with Crippen LogP contribution in [0.1, 0.15) is 25.0 Å². The molecular formula is C14H19NO3. The fourth-order valence-electron chi connectivity index (χ4n) is 2.19. The second-order valence-electron chi connectivity index (χ2n) is 4.98. The summed E-state index contributed by atoms with van der Waals surface area (Å²) in [5.74, 6) is 0.229. The van der Waals surface area contributed by atoms with Crippen LogP contribution in [0.15, 0.2) is 18.2 Å². The summed E-state index contributed by atoms with van der Waals surface area (Å²) in [5.41, 5.74) is 2.32.